The SMILES string of the molecule is COc1ccc(CNC(=O)c2nc(S(=O)(=O)Cc3ccc(C)cc3)ncc2Cl)cc1. The molecule has 30 heavy (non-hydrogen) atoms. The fourth-order valence-electron chi connectivity index (χ4n) is 2.64. The first-order valence-corrected chi connectivity index (χ1v) is 11.0. The van der Waals surface area contributed by atoms with Crippen LogP contribution in [0, 0.1) is 6.92 Å². The van der Waals surface area contributed by atoms with Crippen LogP contribution in [-0.2, 0) is 22.1 Å². The number of hydrogen-bond donors (Lipinski definition) is 1. The van der Waals surface area contributed by atoms with Crippen LogP contribution in [0.15, 0.2) is 59.9 Å². The second-order valence-electron chi connectivity index (χ2n) is 6.62. The van der Waals surface area contributed by atoms with Crippen LogP contribution in [-0.4, -0.2) is 31.4 Å². The third kappa shape index (κ3) is 5.34. The smallest absolute Gasteiger partial charge is 0.271 e. The molecule has 1 heterocycles. The number of hydrogen-bond acceptors (Lipinski definition) is 6. The van der Waals surface area contributed by atoms with E-state index in [9.17, 15) is 13.2 Å². The van der Waals surface area contributed by atoms with E-state index < -0.39 is 20.9 Å². The molecule has 0 aliphatic carbocycles. The quantitative estimate of drug-likeness (QED) is 0.560. The number of aromatic nitrogens is 2. The Kier molecular flexibility index (Phi) is 6.69. The van der Waals surface area contributed by atoms with Crippen molar-refractivity contribution in [2.24, 2.45) is 0 Å². The zero-order chi connectivity index (χ0) is 21.7. The lowest BCUT2D eigenvalue weighted by Gasteiger charge is -2.09. The molecule has 1 aromatic heterocycles. The fourth-order valence-corrected chi connectivity index (χ4v) is 4.02. The third-order valence-corrected chi connectivity index (χ3v) is 6.05. The molecule has 9 heteroatoms. The molecule has 0 spiro atoms. The number of aryl methyl sites for hydroxylation is 1. The maximum absolute atomic E-state index is 12.7. The van der Waals surface area contributed by atoms with E-state index in [1.165, 1.54) is 0 Å². The highest BCUT2D eigenvalue weighted by Crippen LogP contribution is 2.18. The Balaban J connectivity index is 1.76. The summed E-state index contributed by atoms with van der Waals surface area (Å²) in [5.41, 5.74) is 2.27. The predicted molar refractivity (Wildman–Crippen MR) is 113 cm³/mol. The monoisotopic (exact) mass is 445 g/mol. The number of carbonyl (C=O) groups is 1. The highest BCUT2D eigenvalue weighted by atomic mass is 35.5. The molecule has 0 aliphatic heterocycles. The normalized spacial score (nSPS) is 11.2. The van der Waals surface area contributed by atoms with Gasteiger partial charge in [-0.15, -0.1) is 0 Å². The Labute approximate surface area is 180 Å². The van der Waals surface area contributed by atoms with Crippen molar-refractivity contribution in [2.75, 3.05) is 7.11 Å². The summed E-state index contributed by atoms with van der Waals surface area (Å²) in [5, 5.41) is 2.21. The molecule has 2 aromatic carbocycles. The van der Waals surface area contributed by atoms with Gasteiger partial charge >= 0.3 is 0 Å². The zero-order valence-electron chi connectivity index (χ0n) is 16.4. The average molecular weight is 446 g/mol. The number of nitrogens with one attached hydrogen (secondary N) is 1. The van der Waals surface area contributed by atoms with Crippen molar-refractivity contribution in [2.45, 2.75) is 24.4 Å². The summed E-state index contributed by atoms with van der Waals surface area (Å²) < 4.78 is 30.5. The van der Waals surface area contributed by atoms with Crippen LogP contribution in [0.5, 0.6) is 5.75 Å². The van der Waals surface area contributed by atoms with Gasteiger partial charge in [0.2, 0.25) is 15.0 Å². The van der Waals surface area contributed by atoms with Crippen molar-refractivity contribution in [1.82, 2.24) is 15.3 Å². The first kappa shape index (κ1) is 21.7. The first-order valence-electron chi connectivity index (χ1n) is 9.00. The number of methoxy groups -OCH3 is 1. The first-order chi connectivity index (χ1) is 14.3. The molecule has 0 fully saturated rings. The van der Waals surface area contributed by atoms with E-state index in [4.69, 9.17) is 16.3 Å². The van der Waals surface area contributed by atoms with Crippen molar-refractivity contribution in [1.29, 1.82) is 0 Å². The maximum Gasteiger partial charge on any atom is 0.271 e. The third-order valence-electron chi connectivity index (χ3n) is 4.30. The summed E-state index contributed by atoms with van der Waals surface area (Å²) >= 11 is 6.04. The van der Waals surface area contributed by atoms with Crippen LogP contribution >= 0.6 is 11.6 Å². The van der Waals surface area contributed by atoms with E-state index >= 15 is 0 Å². The summed E-state index contributed by atoms with van der Waals surface area (Å²) in [4.78, 5) is 20.3. The largest absolute Gasteiger partial charge is 0.497 e. The van der Waals surface area contributed by atoms with Gasteiger partial charge < -0.3 is 10.1 Å². The molecule has 3 rings (SSSR count). The Morgan fingerprint density at radius 1 is 1.07 bits per heavy atom. The van der Waals surface area contributed by atoms with E-state index in [1.807, 2.05) is 19.1 Å². The molecule has 0 atom stereocenters. The minimum atomic E-state index is -3.85. The molecular formula is C21H20ClN3O4S. The van der Waals surface area contributed by atoms with Gasteiger partial charge in [-0.1, -0.05) is 53.6 Å². The van der Waals surface area contributed by atoms with E-state index in [0.29, 0.717) is 11.3 Å². The number of ether oxygens (including phenoxy) is 1. The van der Waals surface area contributed by atoms with E-state index in [2.05, 4.69) is 15.3 Å². The Morgan fingerprint density at radius 2 is 1.70 bits per heavy atom. The highest BCUT2D eigenvalue weighted by Gasteiger charge is 2.23. The molecule has 0 saturated carbocycles. The molecule has 156 valence electrons. The van der Waals surface area contributed by atoms with Crippen molar-refractivity contribution < 1.29 is 17.9 Å². The van der Waals surface area contributed by atoms with Crippen LogP contribution in [0.3, 0.4) is 0 Å². The number of carbonyl (C=O) groups excluding carboxylic acids is 1. The molecule has 1 amide bonds. The van der Waals surface area contributed by atoms with Crippen LogP contribution < -0.4 is 10.1 Å². The van der Waals surface area contributed by atoms with Crippen LogP contribution in [0.1, 0.15) is 27.2 Å². The molecule has 0 unspecified atom stereocenters. The van der Waals surface area contributed by atoms with Crippen LogP contribution in [0.4, 0.5) is 0 Å². The second-order valence-corrected chi connectivity index (χ2v) is 8.92. The minimum Gasteiger partial charge on any atom is -0.497 e. The van der Waals surface area contributed by atoms with E-state index in [0.717, 1.165) is 17.3 Å². The summed E-state index contributed by atoms with van der Waals surface area (Å²) in [6.07, 6.45) is 1.12. The standard InChI is InChI=1S/C21H20ClN3O4S/c1-14-3-5-16(6-4-14)13-30(27,28)21-24-12-18(22)19(25-21)20(26)23-11-15-7-9-17(29-2)10-8-15/h3-10,12H,11,13H2,1-2H3,(H,23,26). The summed E-state index contributed by atoms with van der Waals surface area (Å²) in [6, 6.07) is 14.3. The summed E-state index contributed by atoms with van der Waals surface area (Å²) in [7, 11) is -2.28. The summed E-state index contributed by atoms with van der Waals surface area (Å²) in [5.74, 6) is -0.167. The number of rotatable bonds is 7. The summed E-state index contributed by atoms with van der Waals surface area (Å²) in [6.45, 7) is 2.13. The molecule has 1 N–H and O–H groups in total. The van der Waals surface area contributed by atoms with Gasteiger partial charge in [-0.3, -0.25) is 4.79 Å². The predicted octanol–water partition coefficient (Wildman–Crippen LogP) is 3.35. The van der Waals surface area contributed by atoms with Crippen LogP contribution in [0.2, 0.25) is 5.02 Å². The molecule has 0 radical (unpaired) electrons. The van der Waals surface area contributed by atoms with Gasteiger partial charge in [0.1, 0.15) is 5.75 Å². The molecule has 7 nitrogen and oxygen atoms in total. The topological polar surface area (TPSA) is 98.2 Å². The van der Waals surface area contributed by atoms with Gasteiger partial charge in [-0.05, 0) is 30.2 Å². The number of halogens is 1. The highest BCUT2D eigenvalue weighted by molar-refractivity contribution is 7.90. The molecule has 3 aromatic rings. The maximum atomic E-state index is 12.7. The number of benzene rings is 2. The van der Waals surface area contributed by atoms with E-state index in [-0.39, 0.29) is 23.0 Å². The molecule has 0 saturated heterocycles. The number of sulfone groups is 1. The van der Waals surface area contributed by atoms with Crippen molar-refractivity contribution >= 4 is 27.3 Å². The molecule has 0 aliphatic rings. The second kappa shape index (κ2) is 9.23. The number of amides is 1. The fraction of sp³-hybridized carbons (Fsp3) is 0.190. The van der Waals surface area contributed by atoms with Gasteiger partial charge in [0.25, 0.3) is 5.91 Å². The van der Waals surface area contributed by atoms with Gasteiger partial charge in [0.05, 0.1) is 24.1 Å². The van der Waals surface area contributed by atoms with Crippen molar-refractivity contribution in [3.05, 3.63) is 82.1 Å². The van der Waals surface area contributed by atoms with Gasteiger partial charge in [-0.2, -0.15) is 0 Å². The van der Waals surface area contributed by atoms with E-state index in [1.54, 1.807) is 43.5 Å². The zero-order valence-corrected chi connectivity index (χ0v) is 18.0. The Hall–Kier alpha value is -2.97. The Bertz CT molecular complexity index is 1150. The van der Waals surface area contributed by atoms with Crippen molar-refractivity contribution in [3.8, 4) is 5.75 Å². The van der Waals surface area contributed by atoms with Gasteiger partial charge in [0, 0.05) is 6.54 Å². The number of nitrogens with zero attached hydrogens (tertiary/aromatic N) is 2. The van der Waals surface area contributed by atoms with Crippen LogP contribution in [0.25, 0.3) is 0 Å². The lowest BCUT2D eigenvalue weighted by molar-refractivity contribution is 0.0945. The van der Waals surface area contributed by atoms with Crippen molar-refractivity contribution in [3.63, 3.8) is 0 Å². The lowest BCUT2D eigenvalue weighted by atomic mass is 10.2. The minimum absolute atomic E-state index is 0.0310. The molecule has 0 bridgehead atoms. The van der Waals surface area contributed by atoms with Gasteiger partial charge in [0.15, 0.2) is 5.69 Å². The molecular weight excluding hydrogens is 426 g/mol. The lowest BCUT2D eigenvalue weighted by Crippen LogP contribution is -2.25. The van der Waals surface area contributed by atoms with Gasteiger partial charge in [-0.25, -0.2) is 18.4 Å². The average Bonchev–Trinajstić information content (AvgIpc) is 2.74. The Morgan fingerprint density at radius 3 is 2.33 bits per heavy atom.